The van der Waals surface area contributed by atoms with Crippen LogP contribution in [-0.4, -0.2) is 19.3 Å². The summed E-state index contributed by atoms with van der Waals surface area (Å²) in [6.45, 7) is 0. The minimum atomic E-state index is -0.0251. The second kappa shape index (κ2) is 3.30. The van der Waals surface area contributed by atoms with E-state index < -0.39 is 0 Å². The van der Waals surface area contributed by atoms with Gasteiger partial charge in [0.25, 0.3) is 5.56 Å². The van der Waals surface area contributed by atoms with E-state index in [1.54, 1.807) is 30.2 Å². The molecular weight excluding hydrogens is 204 g/mol. The summed E-state index contributed by atoms with van der Waals surface area (Å²) in [4.78, 5) is 11.5. The summed E-state index contributed by atoms with van der Waals surface area (Å²) in [5.41, 5.74) is 0.815. The molecule has 1 aliphatic rings. The molecule has 1 aliphatic carbocycles. The number of hydrogen-bond acceptors (Lipinski definition) is 3. The van der Waals surface area contributed by atoms with Crippen molar-refractivity contribution >= 4 is 0 Å². The topological polar surface area (TPSA) is 52.7 Å². The molecule has 0 unspecified atom stereocenters. The molecule has 2 heterocycles. The molecule has 0 aromatic carbocycles. The van der Waals surface area contributed by atoms with Gasteiger partial charge in [0.05, 0.1) is 0 Å². The van der Waals surface area contributed by atoms with E-state index in [0.717, 1.165) is 11.4 Å². The summed E-state index contributed by atoms with van der Waals surface area (Å²) in [6, 6.07) is 4.02. The molecule has 2 aromatic heterocycles. The van der Waals surface area contributed by atoms with Crippen LogP contribution in [0.4, 0.5) is 0 Å². The number of hydrogen-bond donors (Lipinski definition) is 0. The third kappa shape index (κ3) is 1.44. The zero-order chi connectivity index (χ0) is 11.1. The predicted molar refractivity (Wildman–Crippen MR) is 59.0 cm³/mol. The van der Waals surface area contributed by atoms with Crippen LogP contribution in [0.25, 0.3) is 11.4 Å². The Balaban J connectivity index is 2.10. The van der Waals surface area contributed by atoms with E-state index in [4.69, 9.17) is 0 Å². The average Bonchev–Trinajstić information content (AvgIpc) is 3.01. The third-order valence-corrected chi connectivity index (χ3v) is 2.88. The van der Waals surface area contributed by atoms with E-state index in [1.165, 1.54) is 12.8 Å². The lowest BCUT2D eigenvalue weighted by Crippen LogP contribution is -2.14. The molecule has 1 fully saturated rings. The molecule has 0 atom stereocenters. The Kier molecular flexibility index (Phi) is 1.92. The quantitative estimate of drug-likeness (QED) is 0.751. The van der Waals surface area contributed by atoms with Crippen molar-refractivity contribution < 1.29 is 0 Å². The first-order chi connectivity index (χ1) is 7.75. The highest BCUT2D eigenvalue weighted by Gasteiger charge is 2.26. The summed E-state index contributed by atoms with van der Waals surface area (Å²) >= 11 is 0. The lowest BCUT2D eigenvalue weighted by molar-refractivity contribution is 0.745. The first-order valence-corrected chi connectivity index (χ1v) is 5.32. The van der Waals surface area contributed by atoms with Gasteiger partial charge in [-0.05, 0) is 18.9 Å². The Labute approximate surface area is 92.4 Å². The van der Waals surface area contributed by atoms with Gasteiger partial charge in [-0.1, -0.05) is 0 Å². The molecule has 0 aliphatic heterocycles. The van der Waals surface area contributed by atoms with Crippen molar-refractivity contribution in [2.45, 2.75) is 18.9 Å². The fourth-order valence-electron chi connectivity index (χ4n) is 1.76. The Morgan fingerprint density at radius 1 is 1.44 bits per heavy atom. The molecule has 0 radical (unpaired) electrons. The normalized spacial score (nSPS) is 15.3. The van der Waals surface area contributed by atoms with Crippen molar-refractivity contribution in [1.82, 2.24) is 19.3 Å². The Morgan fingerprint density at radius 2 is 2.25 bits per heavy atom. The van der Waals surface area contributed by atoms with Crippen molar-refractivity contribution in [2.24, 2.45) is 7.05 Å². The summed E-state index contributed by atoms with van der Waals surface area (Å²) in [5.74, 6) is 0.792. The summed E-state index contributed by atoms with van der Waals surface area (Å²) in [7, 11) is 1.73. The molecule has 0 amide bonds. The van der Waals surface area contributed by atoms with Gasteiger partial charge in [0, 0.05) is 30.9 Å². The molecule has 1 saturated carbocycles. The van der Waals surface area contributed by atoms with E-state index >= 15 is 0 Å². The molecule has 2 aromatic rings. The average molecular weight is 216 g/mol. The lowest BCUT2D eigenvalue weighted by atomic mass is 10.2. The fourth-order valence-corrected chi connectivity index (χ4v) is 1.76. The van der Waals surface area contributed by atoms with Gasteiger partial charge in [0.2, 0.25) is 0 Å². The number of pyridine rings is 1. The molecule has 0 saturated heterocycles. The first kappa shape index (κ1) is 9.33. The van der Waals surface area contributed by atoms with Crippen LogP contribution in [0, 0.1) is 0 Å². The van der Waals surface area contributed by atoms with E-state index in [2.05, 4.69) is 14.8 Å². The molecule has 16 heavy (non-hydrogen) atoms. The molecule has 3 rings (SSSR count). The van der Waals surface area contributed by atoms with Gasteiger partial charge in [0.1, 0.15) is 6.33 Å². The van der Waals surface area contributed by atoms with Crippen LogP contribution in [0.1, 0.15) is 18.9 Å². The highest BCUT2D eigenvalue weighted by Crippen LogP contribution is 2.37. The van der Waals surface area contributed by atoms with E-state index in [1.807, 2.05) is 6.07 Å². The first-order valence-electron chi connectivity index (χ1n) is 5.32. The highest BCUT2D eigenvalue weighted by molar-refractivity contribution is 5.54. The smallest absolute Gasteiger partial charge is 0.250 e. The van der Waals surface area contributed by atoms with Crippen molar-refractivity contribution in [3.8, 4) is 11.4 Å². The van der Waals surface area contributed by atoms with E-state index in [9.17, 15) is 4.79 Å². The van der Waals surface area contributed by atoms with Gasteiger partial charge in [-0.15, -0.1) is 10.2 Å². The Hall–Kier alpha value is -1.91. The zero-order valence-corrected chi connectivity index (χ0v) is 9.00. The number of aryl methyl sites for hydroxylation is 1. The number of aromatic nitrogens is 4. The number of rotatable bonds is 2. The van der Waals surface area contributed by atoms with Crippen molar-refractivity contribution in [3.63, 3.8) is 0 Å². The van der Waals surface area contributed by atoms with Gasteiger partial charge in [0.15, 0.2) is 5.82 Å². The van der Waals surface area contributed by atoms with Crippen LogP contribution in [-0.2, 0) is 7.05 Å². The maximum Gasteiger partial charge on any atom is 0.250 e. The van der Waals surface area contributed by atoms with Crippen LogP contribution in [0.5, 0.6) is 0 Å². The van der Waals surface area contributed by atoms with Gasteiger partial charge >= 0.3 is 0 Å². The monoisotopic (exact) mass is 216 g/mol. The van der Waals surface area contributed by atoms with Crippen LogP contribution < -0.4 is 5.56 Å². The van der Waals surface area contributed by atoms with E-state index in [-0.39, 0.29) is 5.56 Å². The molecule has 0 N–H and O–H groups in total. The predicted octanol–water partition coefficient (Wildman–Crippen LogP) is 0.979. The molecule has 0 bridgehead atoms. The van der Waals surface area contributed by atoms with Crippen LogP contribution in [0.3, 0.4) is 0 Å². The van der Waals surface area contributed by atoms with Gasteiger partial charge < -0.3 is 9.13 Å². The largest absolute Gasteiger partial charge is 0.319 e. The van der Waals surface area contributed by atoms with Crippen LogP contribution in [0.2, 0.25) is 0 Å². The second-order valence-electron chi connectivity index (χ2n) is 4.16. The molecule has 82 valence electrons. The summed E-state index contributed by atoms with van der Waals surface area (Å²) in [6.07, 6.45) is 5.85. The Bertz CT molecular complexity index is 580. The van der Waals surface area contributed by atoms with E-state index in [0.29, 0.717) is 6.04 Å². The van der Waals surface area contributed by atoms with Crippen LogP contribution >= 0.6 is 0 Å². The van der Waals surface area contributed by atoms with Gasteiger partial charge in [-0.3, -0.25) is 4.79 Å². The molecule has 5 heteroatoms. The van der Waals surface area contributed by atoms with Gasteiger partial charge in [-0.25, -0.2) is 0 Å². The minimum absolute atomic E-state index is 0.0251. The van der Waals surface area contributed by atoms with Crippen molar-refractivity contribution in [2.75, 3.05) is 0 Å². The standard InChI is InChI=1S/C11H12N4O/c1-14-5-4-8(6-10(14)16)11-13-12-7-15(11)9-2-3-9/h4-7,9H,2-3H2,1H3. The minimum Gasteiger partial charge on any atom is -0.319 e. The third-order valence-electron chi connectivity index (χ3n) is 2.88. The van der Waals surface area contributed by atoms with Crippen molar-refractivity contribution in [3.05, 3.63) is 35.0 Å². The van der Waals surface area contributed by atoms with Crippen LogP contribution in [0.15, 0.2) is 29.5 Å². The lowest BCUT2D eigenvalue weighted by Gasteiger charge is -2.04. The molecular formula is C11H12N4O. The second-order valence-corrected chi connectivity index (χ2v) is 4.16. The maximum atomic E-state index is 11.5. The Morgan fingerprint density at radius 3 is 2.94 bits per heavy atom. The summed E-state index contributed by atoms with van der Waals surface area (Å²) < 4.78 is 3.59. The zero-order valence-electron chi connectivity index (χ0n) is 9.00. The van der Waals surface area contributed by atoms with Crippen molar-refractivity contribution in [1.29, 1.82) is 0 Å². The van der Waals surface area contributed by atoms with Gasteiger partial charge in [-0.2, -0.15) is 0 Å². The molecule has 0 spiro atoms. The maximum absolute atomic E-state index is 11.5. The fraction of sp³-hybridized carbons (Fsp3) is 0.364. The highest BCUT2D eigenvalue weighted by atomic mass is 16.1. The summed E-state index contributed by atoms with van der Waals surface area (Å²) in [5, 5.41) is 8.00. The molecule has 5 nitrogen and oxygen atoms in total. The number of nitrogens with zero attached hydrogens (tertiary/aromatic N) is 4. The SMILES string of the molecule is Cn1ccc(-c2nncn2C2CC2)cc1=O.